The van der Waals surface area contributed by atoms with Gasteiger partial charge in [0.1, 0.15) is 0 Å². The summed E-state index contributed by atoms with van der Waals surface area (Å²) in [5.74, 6) is 0.665. The molecule has 2 heteroatoms. The smallest absolute Gasteiger partial charge is 0.0354 e. The first kappa shape index (κ1) is 14.8. The van der Waals surface area contributed by atoms with Crippen molar-refractivity contribution >= 4 is 15.9 Å². The Kier molecular flexibility index (Phi) is 4.77. The number of rotatable bonds is 4. The molecule has 1 aliphatic rings. The molecule has 0 heterocycles. The fourth-order valence-corrected chi connectivity index (χ4v) is 3.94. The van der Waals surface area contributed by atoms with Gasteiger partial charge in [0.25, 0.3) is 0 Å². The molecule has 1 aliphatic carbocycles. The van der Waals surface area contributed by atoms with Gasteiger partial charge in [0.15, 0.2) is 0 Å². The second-order valence-corrected chi connectivity index (χ2v) is 6.68. The fourth-order valence-electron chi connectivity index (χ4n) is 3.49. The Morgan fingerprint density at radius 2 is 1.86 bits per heavy atom. The Balaban J connectivity index is 1.87. The highest BCUT2D eigenvalue weighted by atomic mass is 79.9. The highest BCUT2D eigenvalue weighted by Gasteiger charge is 2.28. The minimum Gasteiger partial charge on any atom is -0.310 e. The van der Waals surface area contributed by atoms with E-state index in [0.29, 0.717) is 12.0 Å². The van der Waals surface area contributed by atoms with Crippen LogP contribution in [0.2, 0.25) is 0 Å². The van der Waals surface area contributed by atoms with Crippen LogP contribution in [0.4, 0.5) is 0 Å². The summed E-state index contributed by atoms with van der Waals surface area (Å²) in [6.07, 6.45) is 3.59. The van der Waals surface area contributed by atoms with Crippen LogP contribution in [0.5, 0.6) is 0 Å². The lowest BCUT2D eigenvalue weighted by molar-refractivity contribution is 0.323. The highest BCUT2D eigenvalue weighted by molar-refractivity contribution is 9.10. The van der Waals surface area contributed by atoms with Crippen molar-refractivity contribution in [1.82, 2.24) is 5.32 Å². The molecule has 0 aromatic heterocycles. The summed E-state index contributed by atoms with van der Waals surface area (Å²) in [4.78, 5) is 0. The van der Waals surface area contributed by atoms with Crippen LogP contribution in [-0.2, 0) is 12.8 Å². The van der Waals surface area contributed by atoms with E-state index in [9.17, 15) is 0 Å². The molecule has 2 aromatic rings. The third-order valence-corrected chi connectivity index (χ3v) is 5.28. The highest BCUT2D eigenvalue weighted by Crippen LogP contribution is 2.37. The van der Waals surface area contributed by atoms with E-state index in [4.69, 9.17) is 0 Å². The van der Waals surface area contributed by atoms with E-state index in [-0.39, 0.29) is 0 Å². The molecule has 2 aromatic carbocycles. The van der Waals surface area contributed by atoms with Gasteiger partial charge in [-0.05, 0) is 54.5 Å². The molecule has 0 radical (unpaired) electrons. The monoisotopic (exact) mass is 343 g/mol. The largest absolute Gasteiger partial charge is 0.310 e. The topological polar surface area (TPSA) is 12.0 Å². The fraction of sp³-hybridized carbons (Fsp3) is 0.368. The maximum atomic E-state index is 3.72. The molecule has 0 amide bonds. The Morgan fingerprint density at radius 3 is 2.67 bits per heavy atom. The molecule has 0 spiro atoms. The van der Waals surface area contributed by atoms with E-state index in [1.54, 1.807) is 0 Å². The molecule has 1 nitrogen and oxygen atoms in total. The van der Waals surface area contributed by atoms with Crippen molar-refractivity contribution in [2.24, 2.45) is 5.92 Å². The third-order valence-electron chi connectivity index (χ3n) is 4.51. The molecule has 21 heavy (non-hydrogen) atoms. The first-order valence-corrected chi connectivity index (χ1v) is 8.63. The molecule has 1 N–H and O–H groups in total. The quantitative estimate of drug-likeness (QED) is 0.831. The van der Waals surface area contributed by atoms with Crippen molar-refractivity contribution in [2.45, 2.75) is 32.2 Å². The van der Waals surface area contributed by atoms with Crippen molar-refractivity contribution in [3.63, 3.8) is 0 Å². The van der Waals surface area contributed by atoms with Gasteiger partial charge < -0.3 is 5.32 Å². The molecule has 0 aliphatic heterocycles. The predicted octanol–water partition coefficient (Wildman–Crippen LogP) is 4.90. The standard InChI is InChI=1S/C19H22BrN/c1-2-21-19-16(13-15-8-4-6-10-18(15)20)12-11-14-7-3-5-9-17(14)19/h3-10,16,19,21H,2,11-13H2,1H3. The van der Waals surface area contributed by atoms with Gasteiger partial charge in [-0.3, -0.25) is 0 Å². The van der Waals surface area contributed by atoms with Gasteiger partial charge in [0, 0.05) is 10.5 Å². The van der Waals surface area contributed by atoms with Crippen LogP contribution >= 0.6 is 15.9 Å². The van der Waals surface area contributed by atoms with Crippen LogP contribution in [0.15, 0.2) is 53.0 Å². The minimum absolute atomic E-state index is 0.479. The molecule has 3 rings (SSSR count). The van der Waals surface area contributed by atoms with Crippen LogP contribution in [0, 0.1) is 5.92 Å². The predicted molar refractivity (Wildman–Crippen MR) is 92.5 cm³/mol. The van der Waals surface area contributed by atoms with E-state index in [0.717, 1.165) is 13.0 Å². The van der Waals surface area contributed by atoms with Crippen LogP contribution in [-0.4, -0.2) is 6.54 Å². The van der Waals surface area contributed by atoms with Gasteiger partial charge in [-0.15, -0.1) is 0 Å². The van der Waals surface area contributed by atoms with E-state index < -0.39 is 0 Å². The number of halogens is 1. The van der Waals surface area contributed by atoms with Gasteiger partial charge in [0.2, 0.25) is 0 Å². The lowest BCUT2D eigenvalue weighted by Crippen LogP contribution is -2.33. The van der Waals surface area contributed by atoms with Crippen LogP contribution in [0.3, 0.4) is 0 Å². The van der Waals surface area contributed by atoms with Gasteiger partial charge in [0.05, 0.1) is 0 Å². The molecule has 0 bridgehead atoms. The normalized spacial score (nSPS) is 21.0. The number of hydrogen-bond donors (Lipinski definition) is 1. The second kappa shape index (κ2) is 6.76. The summed E-state index contributed by atoms with van der Waals surface area (Å²) < 4.78 is 1.24. The first-order valence-electron chi connectivity index (χ1n) is 7.84. The molecule has 0 fully saturated rings. The molecule has 110 valence electrons. The molecular formula is C19H22BrN. The summed E-state index contributed by atoms with van der Waals surface area (Å²) >= 11 is 3.69. The van der Waals surface area contributed by atoms with Crippen molar-refractivity contribution in [3.05, 3.63) is 69.7 Å². The van der Waals surface area contributed by atoms with Crippen LogP contribution in [0.25, 0.3) is 0 Å². The third kappa shape index (κ3) is 3.22. The summed E-state index contributed by atoms with van der Waals surface area (Å²) in [5.41, 5.74) is 4.44. The molecule has 0 saturated heterocycles. The SMILES string of the molecule is CCNC1c2ccccc2CCC1Cc1ccccc1Br. The summed E-state index contributed by atoms with van der Waals surface area (Å²) in [5, 5.41) is 3.72. The number of benzene rings is 2. The minimum atomic E-state index is 0.479. The van der Waals surface area contributed by atoms with Gasteiger partial charge >= 0.3 is 0 Å². The van der Waals surface area contributed by atoms with Gasteiger partial charge in [-0.2, -0.15) is 0 Å². The number of nitrogens with one attached hydrogen (secondary N) is 1. The average molecular weight is 344 g/mol. The molecule has 2 atom stereocenters. The van der Waals surface area contributed by atoms with Gasteiger partial charge in [-0.25, -0.2) is 0 Å². The zero-order valence-corrected chi connectivity index (χ0v) is 14.1. The summed E-state index contributed by atoms with van der Waals surface area (Å²) in [6.45, 7) is 3.22. The maximum Gasteiger partial charge on any atom is 0.0354 e. The Bertz CT molecular complexity index is 608. The summed E-state index contributed by atoms with van der Waals surface area (Å²) in [6, 6.07) is 18.0. The Hall–Kier alpha value is -1.12. The maximum absolute atomic E-state index is 3.72. The van der Waals surface area contributed by atoms with E-state index in [1.807, 2.05) is 0 Å². The Morgan fingerprint density at radius 1 is 1.10 bits per heavy atom. The zero-order valence-electron chi connectivity index (χ0n) is 12.5. The molecular weight excluding hydrogens is 322 g/mol. The number of fused-ring (bicyclic) bond motifs is 1. The lowest BCUT2D eigenvalue weighted by Gasteiger charge is -2.34. The number of aryl methyl sites for hydroxylation is 1. The van der Waals surface area contributed by atoms with E-state index in [1.165, 1.54) is 34.0 Å². The lowest BCUT2D eigenvalue weighted by atomic mass is 9.77. The van der Waals surface area contributed by atoms with Crippen molar-refractivity contribution in [1.29, 1.82) is 0 Å². The zero-order chi connectivity index (χ0) is 14.7. The van der Waals surface area contributed by atoms with Crippen LogP contribution < -0.4 is 5.32 Å². The van der Waals surface area contributed by atoms with E-state index >= 15 is 0 Å². The van der Waals surface area contributed by atoms with Gasteiger partial charge in [-0.1, -0.05) is 65.3 Å². The molecule has 0 saturated carbocycles. The first-order chi connectivity index (χ1) is 10.3. The Labute approximate surface area is 135 Å². The van der Waals surface area contributed by atoms with Crippen LogP contribution in [0.1, 0.15) is 36.1 Å². The van der Waals surface area contributed by atoms with Crippen molar-refractivity contribution in [3.8, 4) is 0 Å². The van der Waals surface area contributed by atoms with Crippen molar-refractivity contribution in [2.75, 3.05) is 6.54 Å². The average Bonchev–Trinajstić information content (AvgIpc) is 2.52. The van der Waals surface area contributed by atoms with E-state index in [2.05, 4.69) is 76.7 Å². The summed E-state index contributed by atoms with van der Waals surface area (Å²) in [7, 11) is 0. The molecule has 2 unspecified atom stereocenters. The number of hydrogen-bond acceptors (Lipinski definition) is 1. The second-order valence-electron chi connectivity index (χ2n) is 5.83. The van der Waals surface area contributed by atoms with Crippen molar-refractivity contribution < 1.29 is 0 Å².